The zero-order valence-electron chi connectivity index (χ0n) is 15.1. The molecule has 128 valence electrons. The van der Waals surface area contributed by atoms with Gasteiger partial charge < -0.3 is 0 Å². The Bertz CT molecular complexity index is 979. The molecule has 0 fully saturated rings. The molecule has 0 saturated heterocycles. The molecule has 2 heteroatoms. The van der Waals surface area contributed by atoms with Crippen molar-refractivity contribution in [1.82, 2.24) is 0 Å². The Hall–Kier alpha value is -2.58. The van der Waals surface area contributed by atoms with Gasteiger partial charge in [-0.15, -0.1) is 0 Å². The van der Waals surface area contributed by atoms with E-state index in [9.17, 15) is 0 Å². The Kier molecular flexibility index (Phi) is 4.77. The van der Waals surface area contributed by atoms with Gasteiger partial charge in [0.25, 0.3) is 0 Å². The monoisotopic (exact) mass is 355 g/mol. The first-order valence-electron chi connectivity index (χ1n) is 8.96. The van der Waals surface area contributed by atoms with Crippen LogP contribution < -0.4 is 0 Å². The van der Waals surface area contributed by atoms with Crippen molar-refractivity contribution in [2.45, 2.75) is 20.3 Å². The smallest absolute Gasteiger partial charge is 0.109 e. The van der Waals surface area contributed by atoms with Crippen LogP contribution in [0.5, 0.6) is 0 Å². The van der Waals surface area contributed by atoms with E-state index < -0.39 is 0 Å². The zero-order valence-corrected chi connectivity index (χ0v) is 15.9. The molecular weight excluding hydrogens is 334 g/mol. The summed E-state index contributed by atoms with van der Waals surface area (Å²) in [5, 5.41) is 1.07. The average Bonchev–Trinajstić information content (AvgIpc) is 3.02. The Labute approximate surface area is 159 Å². The van der Waals surface area contributed by atoms with Crippen molar-refractivity contribution < 1.29 is 0 Å². The van der Waals surface area contributed by atoms with Gasteiger partial charge in [-0.3, -0.25) is 0 Å². The summed E-state index contributed by atoms with van der Waals surface area (Å²) in [7, 11) is 0. The maximum Gasteiger partial charge on any atom is 0.109 e. The van der Waals surface area contributed by atoms with Gasteiger partial charge in [0, 0.05) is 10.5 Å². The van der Waals surface area contributed by atoms with Crippen LogP contribution in [0.4, 0.5) is 5.69 Å². The molecule has 1 aliphatic rings. The lowest BCUT2D eigenvalue weighted by Gasteiger charge is -2.01. The van der Waals surface area contributed by atoms with E-state index in [1.54, 1.807) is 11.8 Å². The molecule has 1 nitrogen and oxygen atoms in total. The van der Waals surface area contributed by atoms with Crippen LogP contribution in [0.15, 0.2) is 77.8 Å². The van der Waals surface area contributed by atoms with Crippen molar-refractivity contribution in [3.63, 3.8) is 0 Å². The number of aliphatic imine (C=N–C) groups is 1. The molecule has 26 heavy (non-hydrogen) atoms. The van der Waals surface area contributed by atoms with Crippen LogP contribution in [0.25, 0.3) is 11.0 Å². The Morgan fingerprint density at radius 2 is 1.54 bits per heavy atom. The van der Waals surface area contributed by atoms with Gasteiger partial charge in [-0.1, -0.05) is 84.9 Å². The van der Waals surface area contributed by atoms with Crippen molar-refractivity contribution in [2.24, 2.45) is 4.99 Å². The van der Waals surface area contributed by atoms with Gasteiger partial charge in [0.15, 0.2) is 0 Å². The maximum atomic E-state index is 4.90. The van der Waals surface area contributed by atoms with Crippen LogP contribution in [0.1, 0.15) is 34.7 Å². The molecule has 0 aliphatic carbocycles. The third-order valence-corrected chi connectivity index (χ3v) is 5.64. The highest BCUT2D eigenvalue weighted by molar-refractivity contribution is 8.23. The van der Waals surface area contributed by atoms with E-state index in [1.165, 1.54) is 32.7 Å². The fraction of sp³-hybridized carbons (Fsp3) is 0.125. The molecule has 0 spiro atoms. The number of thioether (sulfide) groups is 1. The van der Waals surface area contributed by atoms with E-state index in [0.29, 0.717) is 0 Å². The van der Waals surface area contributed by atoms with E-state index >= 15 is 0 Å². The summed E-state index contributed by atoms with van der Waals surface area (Å²) in [6.45, 7) is 4.28. The van der Waals surface area contributed by atoms with Crippen molar-refractivity contribution in [2.75, 3.05) is 0 Å². The molecule has 0 aromatic heterocycles. The topological polar surface area (TPSA) is 12.4 Å². The van der Waals surface area contributed by atoms with E-state index in [4.69, 9.17) is 4.99 Å². The van der Waals surface area contributed by atoms with E-state index in [2.05, 4.69) is 92.7 Å². The van der Waals surface area contributed by atoms with Crippen LogP contribution in [0.2, 0.25) is 0 Å². The van der Waals surface area contributed by atoms with Gasteiger partial charge in [-0.2, -0.15) is 0 Å². The molecule has 0 saturated carbocycles. The molecule has 0 bridgehead atoms. The second-order valence-electron chi connectivity index (χ2n) is 6.50. The minimum absolute atomic E-state index is 1.00. The fourth-order valence-electron chi connectivity index (χ4n) is 3.03. The highest BCUT2D eigenvalue weighted by atomic mass is 32.2. The van der Waals surface area contributed by atoms with Crippen LogP contribution >= 0.6 is 11.8 Å². The molecule has 1 aliphatic heterocycles. The predicted octanol–water partition coefficient (Wildman–Crippen LogP) is 6.88. The SMILES string of the molecule is CCc1ccc(/C=C2\SC(=Nc3ccc(C)cc3)c3ccccc32)cc1. The molecule has 0 unspecified atom stereocenters. The normalized spacial score (nSPS) is 16.2. The molecule has 0 N–H and O–H groups in total. The molecule has 0 amide bonds. The molecule has 4 rings (SSSR count). The van der Waals surface area contributed by atoms with Crippen molar-refractivity contribution >= 4 is 33.5 Å². The van der Waals surface area contributed by atoms with Crippen LogP contribution in [0.3, 0.4) is 0 Å². The lowest BCUT2D eigenvalue weighted by molar-refractivity contribution is 1.14. The van der Waals surface area contributed by atoms with Crippen molar-refractivity contribution in [3.8, 4) is 0 Å². The maximum absolute atomic E-state index is 4.90. The Morgan fingerprint density at radius 3 is 2.23 bits per heavy atom. The second-order valence-corrected chi connectivity index (χ2v) is 7.53. The number of hydrogen-bond donors (Lipinski definition) is 0. The lowest BCUT2D eigenvalue weighted by atomic mass is 10.1. The molecule has 3 aromatic rings. The Morgan fingerprint density at radius 1 is 0.846 bits per heavy atom. The average molecular weight is 356 g/mol. The minimum Gasteiger partial charge on any atom is -0.241 e. The molecular formula is C24H21NS. The third kappa shape index (κ3) is 3.51. The number of rotatable bonds is 3. The summed E-state index contributed by atoms with van der Waals surface area (Å²) in [6, 6.07) is 25.7. The largest absolute Gasteiger partial charge is 0.241 e. The highest BCUT2D eigenvalue weighted by Gasteiger charge is 2.23. The standard InChI is InChI=1S/C24H21NS/c1-3-18-10-12-19(13-11-18)16-23-21-6-4-5-7-22(21)24(26-23)25-20-14-8-17(2)9-15-20/h4-16H,3H2,1-2H3/b23-16-,25-24?. The minimum atomic E-state index is 1.00. The van der Waals surface area contributed by atoms with Gasteiger partial charge in [0.05, 0.1) is 5.69 Å². The van der Waals surface area contributed by atoms with Gasteiger partial charge in [0.2, 0.25) is 0 Å². The highest BCUT2D eigenvalue weighted by Crippen LogP contribution is 2.43. The molecule has 3 aromatic carbocycles. The Balaban J connectivity index is 1.72. The van der Waals surface area contributed by atoms with Crippen LogP contribution in [0, 0.1) is 6.92 Å². The van der Waals surface area contributed by atoms with Gasteiger partial charge >= 0.3 is 0 Å². The summed E-state index contributed by atoms with van der Waals surface area (Å²) in [6.07, 6.45) is 3.34. The summed E-state index contributed by atoms with van der Waals surface area (Å²) in [5.41, 5.74) is 7.34. The summed E-state index contributed by atoms with van der Waals surface area (Å²) in [5.74, 6) is 0. The van der Waals surface area contributed by atoms with E-state index in [0.717, 1.165) is 17.2 Å². The number of fused-ring (bicyclic) bond motifs is 1. The molecule has 1 heterocycles. The predicted molar refractivity (Wildman–Crippen MR) is 115 cm³/mol. The number of hydrogen-bond acceptors (Lipinski definition) is 2. The van der Waals surface area contributed by atoms with E-state index in [-0.39, 0.29) is 0 Å². The quantitative estimate of drug-likeness (QED) is 0.499. The third-order valence-electron chi connectivity index (χ3n) is 4.58. The molecule has 0 radical (unpaired) electrons. The number of nitrogens with zero attached hydrogens (tertiary/aromatic N) is 1. The number of aryl methyl sites for hydroxylation is 2. The second kappa shape index (κ2) is 7.35. The lowest BCUT2D eigenvalue weighted by Crippen LogP contribution is -1.89. The first-order valence-corrected chi connectivity index (χ1v) is 9.78. The summed E-state index contributed by atoms with van der Waals surface area (Å²) >= 11 is 1.75. The van der Waals surface area contributed by atoms with Crippen LogP contribution in [-0.2, 0) is 6.42 Å². The summed E-state index contributed by atoms with van der Waals surface area (Å²) < 4.78 is 0. The van der Waals surface area contributed by atoms with Crippen LogP contribution in [-0.4, -0.2) is 5.04 Å². The van der Waals surface area contributed by atoms with Gasteiger partial charge in [-0.25, -0.2) is 4.99 Å². The van der Waals surface area contributed by atoms with Crippen molar-refractivity contribution in [3.05, 3.63) is 101 Å². The number of benzene rings is 3. The summed E-state index contributed by atoms with van der Waals surface area (Å²) in [4.78, 5) is 6.16. The van der Waals surface area contributed by atoms with Gasteiger partial charge in [-0.05, 0) is 48.2 Å². The first-order chi connectivity index (χ1) is 12.7. The first kappa shape index (κ1) is 16.9. The zero-order chi connectivity index (χ0) is 17.9. The molecule has 0 atom stereocenters. The van der Waals surface area contributed by atoms with Crippen molar-refractivity contribution in [1.29, 1.82) is 0 Å². The van der Waals surface area contributed by atoms with Gasteiger partial charge in [0.1, 0.15) is 5.04 Å². The fourth-order valence-corrected chi connectivity index (χ4v) is 4.16. The van der Waals surface area contributed by atoms with E-state index in [1.807, 2.05) is 0 Å².